The van der Waals surface area contributed by atoms with Crippen LogP contribution in [0.15, 0.2) is 28.9 Å². The molecule has 0 aromatic carbocycles. The van der Waals surface area contributed by atoms with Crippen molar-refractivity contribution in [1.82, 2.24) is 9.97 Å². The standard InChI is InChI=1S/C12H15N3OS/c1-9-6-11(13-2)15-12(14-9)8-17-7-10-4-3-5-16-10/h3-6H,7-8H2,1-2H3,(H,13,14,15). The molecule has 2 heterocycles. The van der Waals surface area contributed by atoms with Gasteiger partial charge in [0.1, 0.15) is 17.4 Å². The van der Waals surface area contributed by atoms with Gasteiger partial charge < -0.3 is 9.73 Å². The van der Waals surface area contributed by atoms with Gasteiger partial charge in [0.2, 0.25) is 0 Å². The van der Waals surface area contributed by atoms with Crippen LogP contribution in [0.25, 0.3) is 0 Å². The number of hydrogen-bond acceptors (Lipinski definition) is 5. The van der Waals surface area contributed by atoms with E-state index in [2.05, 4.69) is 15.3 Å². The molecule has 0 aliphatic heterocycles. The molecular formula is C12H15N3OS. The van der Waals surface area contributed by atoms with E-state index >= 15 is 0 Å². The van der Waals surface area contributed by atoms with E-state index in [4.69, 9.17) is 4.42 Å². The molecule has 0 radical (unpaired) electrons. The minimum atomic E-state index is 0.789. The van der Waals surface area contributed by atoms with Gasteiger partial charge in [-0.15, -0.1) is 11.8 Å². The number of aryl methyl sites for hydroxylation is 1. The third-order valence-electron chi connectivity index (χ3n) is 2.21. The quantitative estimate of drug-likeness (QED) is 0.883. The van der Waals surface area contributed by atoms with E-state index in [1.807, 2.05) is 32.2 Å². The summed E-state index contributed by atoms with van der Waals surface area (Å²) in [5.41, 5.74) is 0.984. The number of hydrogen-bond donors (Lipinski definition) is 1. The maximum absolute atomic E-state index is 5.27. The van der Waals surface area contributed by atoms with E-state index in [1.165, 1.54) is 0 Å². The van der Waals surface area contributed by atoms with E-state index < -0.39 is 0 Å². The summed E-state index contributed by atoms with van der Waals surface area (Å²) in [5, 5.41) is 3.03. The van der Waals surface area contributed by atoms with Crippen molar-refractivity contribution in [3.05, 3.63) is 41.7 Å². The number of anilines is 1. The zero-order chi connectivity index (χ0) is 12.1. The van der Waals surface area contributed by atoms with E-state index in [0.29, 0.717) is 0 Å². The highest BCUT2D eigenvalue weighted by atomic mass is 32.2. The first-order valence-corrected chi connectivity index (χ1v) is 6.56. The monoisotopic (exact) mass is 249 g/mol. The van der Waals surface area contributed by atoms with Crippen LogP contribution in [0.5, 0.6) is 0 Å². The summed E-state index contributed by atoms with van der Waals surface area (Å²) in [5.74, 6) is 4.34. The molecule has 0 unspecified atom stereocenters. The van der Waals surface area contributed by atoms with Crippen molar-refractivity contribution < 1.29 is 4.42 Å². The molecule has 90 valence electrons. The summed E-state index contributed by atoms with van der Waals surface area (Å²) in [6.07, 6.45) is 1.69. The van der Waals surface area contributed by atoms with E-state index in [-0.39, 0.29) is 0 Å². The van der Waals surface area contributed by atoms with Crippen molar-refractivity contribution in [3.63, 3.8) is 0 Å². The van der Waals surface area contributed by atoms with Crippen LogP contribution in [-0.2, 0) is 11.5 Å². The second-order valence-corrected chi connectivity index (χ2v) is 4.62. The maximum atomic E-state index is 5.27. The van der Waals surface area contributed by atoms with Crippen LogP contribution in [0, 0.1) is 6.92 Å². The van der Waals surface area contributed by atoms with Crippen LogP contribution in [0.3, 0.4) is 0 Å². The normalized spacial score (nSPS) is 10.5. The minimum absolute atomic E-state index is 0.789. The average molecular weight is 249 g/mol. The van der Waals surface area contributed by atoms with Crippen LogP contribution in [0.4, 0.5) is 5.82 Å². The number of nitrogens with one attached hydrogen (secondary N) is 1. The molecule has 0 fully saturated rings. The predicted molar refractivity (Wildman–Crippen MR) is 70.0 cm³/mol. The van der Waals surface area contributed by atoms with Crippen LogP contribution in [0.1, 0.15) is 17.3 Å². The van der Waals surface area contributed by atoms with E-state index in [9.17, 15) is 0 Å². The fraction of sp³-hybridized carbons (Fsp3) is 0.333. The van der Waals surface area contributed by atoms with Gasteiger partial charge >= 0.3 is 0 Å². The molecule has 17 heavy (non-hydrogen) atoms. The summed E-state index contributed by atoms with van der Waals surface area (Å²) in [4.78, 5) is 8.80. The Balaban J connectivity index is 1.92. The lowest BCUT2D eigenvalue weighted by molar-refractivity contribution is 0.530. The van der Waals surface area contributed by atoms with Gasteiger partial charge in [0.25, 0.3) is 0 Å². The lowest BCUT2D eigenvalue weighted by Crippen LogP contribution is -2.00. The summed E-state index contributed by atoms with van der Waals surface area (Å²) >= 11 is 1.75. The van der Waals surface area contributed by atoms with Gasteiger partial charge in [0.15, 0.2) is 0 Å². The fourth-order valence-electron chi connectivity index (χ4n) is 1.46. The lowest BCUT2D eigenvalue weighted by Gasteiger charge is -2.04. The summed E-state index contributed by atoms with van der Waals surface area (Å²) in [6, 6.07) is 5.81. The number of rotatable bonds is 5. The highest BCUT2D eigenvalue weighted by Gasteiger charge is 2.02. The third kappa shape index (κ3) is 3.49. The second kappa shape index (κ2) is 5.72. The van der Waals surface area contributed by atoms with Gasteiger partial charge in [-0.05, 0) is 19.1 Å². The molecule has 0 bridgehead atoms. The first-order chi connectivity index (χ1) is 8.28. The van der Waals surface area contributed by atoms with Crippen LogP contribution < -0.4 is 5.32 Å². The van der Waals surface area contributed by atoms with Crippen LogP contribution in [0.2, 0.25) is 0 Å². The van der Waals surface area contributed by atoms with E-state index in [1.54, 1.807) is 18.0 Å². The van der Waals surface area contributed by atoms with Gasteiger partial charge in [-0.2, -0.15) is 0 Å². The van der Waals surface area contributed by atoms with Crippen molar-refractivity contribution in [3.8, 4) is 0 Å². The van der Waals surface area contributed by atoms with E-state index in [0.717, 1.165) is 34.6 Å². The second-order valence-electron chi connectivity index (χ2n) is 3.63. The van der Waals surface area contributed by atoms with Crippen molar-refractivity contribution in [2.45, 2.75) is 18.4 Å². The van der Waals surface area contributed by atoms with Gasteiger partial charge in [-0.3, -0.25) is 0 Å². The van der Waals surface area contributed by atoms with Gasteiger partial charge in [0.05, 0.1) is 17.8 Å². The average Bonchev–Trinajstić information content (AvgIpc) is 2.81. The smallest absolute Gasteiger partial charge is 0.140 e. The molecule has 0 atom stereocenters. The molecule has 2 rings (SSSR count). The van der Waals surface area contributed by atoms with Crippen molar-refractivity contribution in [2.75, 3.05) is 12.4 Å². The molecule has 0 amide bonds. The Morgan fingerprint density at radius 3 is 2.94 bits per heavy atom. The highest BCUT2D eigenvalue weighted by molar-refractivity contribution is 7.97. The Bertz CT molecular complexity index is 471. The van der Waals surface area contributed by atoms with Gasteiger partial charge in [-0.1, -0.05) is 0 Å². The summed E-state index contributed by atoms with van der Waals surface area (Å²) in [7, 11) is 1.86. The fourth-order valence-corrected chi connectivity index (χ4v) is 2.24. The zero-order valence-electron chi connectivity index (χ0n) is 9.93. The number of nitrogens with zero attached hydrogens (tertiary/aromatic N) is 2. The predicted octanol–water partition coefficient (Wildman–Crippen LogP) is 2.85. The van der Waals surface area contributed by atoms with Crippen LogP contribution >= 0.6 is 11.8 Å². The molecular weight excluding hydrogens is 234 g/mol. The Morgan fingerprint density at radius 1 is 1.35 bits per heavy atom. The SMILES string of the molecule is CNc1cc(C)nc(CSCc2ccco2)n1. The van der Waals surface area contributed by atoms with Crippen molar-refractivity contribution in [1.29, 1.82) is 0 Å². The molecule has 0 saturated heterocycles. The highest BCUT2D eigenvalue weighted by Crippen LogP contribution is 2.17. The molecule has 0 aliphatic carbocycles. The molecule has 1 N–H and O–H groups in total. The summed E-state index contributed by atoms with van der Waals surface area (Å²) < 4.78 is 5.27. The number of aromatic nitrogens is 2. The minimum Gasteiger partial charge on any atom is -0.468 e. The Hall–Kier alpha value is -1.49. The van der Waals surface area contributed by atoms with Gasteiger partial charge in [0, 0.05) is 18.8 Å². The van der Waals surface area contributed by atoms with Gasteiger partial charge in [-0.25, -0.2) is 9.97 Å². The van der Waals surface area contributed by atoms with Crippen LogP contribution in [-0.4, -0.2) is 17.0 Å². The molecule has 0 spiro atoms. The Kier molecular flexibility index (Phi) is 4.03. The third-order valence-corrected chi connectivity index (χ3v) is 3.16. The van der Waals surface area contributed by atoms with Crippen molar-refractivity contribution >= 4 is 17.6 Å². The maximum Gasteiger partial charge on any atom is 0.140 e. The largest absolute Gasteiger partial charge is 0.468 e. The Morgan fingerprint density at radius 2 is 2.24 bits per heavy atom. The molecule has 0 saturated carbocycles. The number of thioether (sulfide) groups is 1. The van der Waals surface area contributed by atoms with Crippen molar-refractivity contribution in [2.24, 2.45) is 0 Å². The molecule has 2 aromatic rings. The number of furan rings is 1. The Labute approximate surface area is 105 Å². The molecule has 4 nitrogen and oxygen atoms in total. The lowest BCUT2D eigenvalue weighted by atomic mass is 10.4. The zero-order valence-corrected chi connectivity index (χ0v) is 10.8. The first kappa shape index (κ1) is 12.0. The summed E-state index contributed by atoms with van der Waals surface area (Å²) in [6.45, 7) is 1.98. The first-order valence-electron chi connectivity index (χ1n) is 5.40. The molecule has 0 aliphatic rings. The topological polar surface area (TPSA) is 51.0 Å². The molecule has 2 aromatic heterocycles. The molecule has 5 heteroatoms.